The van der Waals surface area contributed by atoms with Gasteiger partial charge in [-0.1, -0.05) is 24.3 Å². The van der Waals surface area contributed by atoms with E-state index >= 15 is 0 Å². The molecule has 0 amide bonds. The van der Waals surface area contributed by atoms with Crippen molar-refractivity contribution in [2.45, 2.75) is 12.5 Å². The van der Waals surface area contributed by atoms with E-state index in [9.17, 15) is 5.11 Å². The van der Waals surface area contributed by atoms with Crippen LogP contribution in [0.2, 0.25) is 0 Å². The third-order valence-corrected chi connectivity index (χ3v) is 4.37. The fourth-order valence-corrected chi connectivity index (χ4v) is 3.31. The Balaban J connectivity index is 1.69. The number of thiazole rings is 1. The molecular weight excluding hydrogens is 282 g/mol. The minimum Gasteiger partial charge on any atom is -0.388 e. The van der Waals surface area contributed by atoms with E-state index in [1.54, 1.807) is 17.5 Å². The van der Waals surface area contributed by atoms with Gasteiger partial charge < -0.3 is 5.11 Å². The van der Waals surface area contributed by atoms with Crippen LogP contribution in [-0.2, 0) is 6.42 Å². The second-order valence-corrected chi connectivity index (χ2v) is 5.87. The largest absolute Gasteiger partial charge is 0.388 e. The van der Waals surface area contributed by atoms with E-state index < -0.39 is 6.10 Å². The lowest BCUT2D eigenvalue weighted by atomic mass is 10.0. The zero-order chi connectivity index (χ0) is 14.2. The summed E-state index contributed by atoms with van der Waals surface area (Å²) in [7, 11) is 0. The minimum absolute atomic E-state index is 0.490. The average Bonchev–Trinajstić information content (AvgIpc) is 3.07. The number of aromatic nitrogens is 3. The summed E-state index contributed by atoms with van der Waals surface area (Å²) in [6, 6.07) is 7.97. The molecule has 1 atom stereocenters. The van der Waals surface area contributed by atoms with Crippen LogP contribution in [0, 0.1) is 0 Å². The molecule has 3 heterocycles. The number of aliphatic hydroxyl groups excluding tert-OH is 1. The smallest absolute Gasteiger partial charge is 0.193 e. The highest BCUT2D eigenvalue weighted by atomic mass is 32.1. The highest BCUT2D eigenvalue weighted by Crippen LogP contribution is 2.25. The molecule has 0 radical (unpaired) electrons. The third kappa shape index (κ3) is 2.20. The van der Waals surface area contributed by atoms with Gasteiger partial charge in [-0.05, 0) is 5.39 Å². The minimum atomic E-state index is -0.604. The molecule has 1 unspecified atom stereocenters. The normalized spacial score (nSPS) is 13.0. The predicted molar refractivity (Wildman–Crippen MR) is 83.5 cm³/mol. The molecule has 0 saturated heterocycles. The molecule has 4 aromatic rings. The number of rotatable bonds is 3. The molecular formula is C16H13N3OS. The highest BCUT2D eigenvalue weighted by molar-refractivity contribution is 7.15. The van der Waals surface area contributed by atoms with E-state index in [1.807, 2.05) is 52.6 Å². The fraction of sp³-hybridized carbons (Fsp3) is 0.125. The molecule has 3 aromatic heterocycles. The van der Waals surface area contributed by atoms with Crippen molar-refractivity contribution in [1.29, 1.82) is 0 Å². The Morgan fingerprint density at radius 2 is 2.14 bits per heavy atom. The van der Waals surface area contributed by atoms with Crippen LogP contribution in [0.25, 0.3) is 15.7 Å². The van der Waals surface area contributed by atoms with E-state index in [-0.39, 0.29) is 0 Å². The molecule has 0 aliphatic rings. The summed E-state index contributed by atoms with van der Waals surface area (Å²) in [5, 5.41) is 14.6. The topological polar surface area (TPSA) is 50.4 Å². The number of pyridine rings is 1. The van der Waals surface area contributed by atoms with Gasteiger partial charge in [0.1, 0.15) is 0 Å². The van der Waals surface area contributed by atoms with Crippen molar-refractivity contribution >= 4 is 27.1 Å². The SMILES string of the molecule is OC(Cc1cn2ccsc2n1)c1cncc2ccccc12. The summed E-state index contributed by atoms with van der Waals surface area (Å²) in [6.07, 6.45) is 7.39. The maximum atomic E-state index is 10.5. The molecule has 4 rings (SSSR count). The van der Waals surface area contributed by atoms with Gasteiger partial charge in [0.25, 0.3) is 0 Å². The number of nitrogens with zero attached hydrogens (tertiary/aromatic N) is 3. The highest BCUT2D eigenvalue weighted by Gasteiger charge is 2.14. The van der Waals surface area contributed by atoms with Crippen molar-refractivity contribution in [3.05, 3.63) is 65.7 Å². The molecule has 21 heavy (non-hydrogen) atoms. The average molecular weight is 295 g/mol. The Morgan fingerprint density at radius 1 is 1.24 bits per heavy atom. The van der Waals surface area contributed by atoms with Crippen LogP contribution < -0.4 is 0 Å². The molecule has 0 bridgehead atoms. The lowest BCUT2D eigenvalue weighted by Crippen LogP contribution is -2.03. The molecule has 0 spiro atoms. The van der Waals surface area contributed by atoms with E-state index in [4.69, 9.17) is 0 Å². The Hall–Kier alpha value is -2.24. The lowest BCUT2D eigenvalue weighted by molar-refractivity contribution is 0.178. The first-order chi connectivity index (χ1) is 10.3. The van der Waals surface area contributed by atoms with E-state index in [1.165, 1.54) is 0 Å². The van der Waals surface area contributed by atoms with Gasteiger partial charge >= 0.3 is 0 Å². The van der Waals surface area contributed by atoms with Gasteiger partial charge in [-0.25, -0.2) is 4.98 Å². The van der Waals surface area contributed by atoms with Gasteiger partial charge in [0.05, 0.1) is 11.8 Å². The summed E-state index contributed by atoms with van der Waals surface area (Å²) < 4.78 is 1.98. The Labute approximate surface area is 125 Å². The standard InChI is InChI=1S/C16H13N3OS/c20-15(7-12-10-19-5-6-21-16(19)18-12)14-9-17-8-11-3-1-2-4-13(11)14/h1-6,8-10,15,20H,7H2. The Bertz CT molecular complexity index is 878. The van der Waals surface area contributed by atoms with Gasteiger partial charge in [0, 0.05) is 47.5 Å². The Morgan fingerprint density at radius 3 is 3.05 bits per heavy atom. The molecule has 0 saturated carbocycles. The van der Waals surface area contributed by atoms with Crippen molar-refractivity contribution in [3.63, 3.8) is 0 Å². The van der Waals surface area contributed by atoms with Crippen LogP contribution >= 0.6 is 11.3 Å². The summed E-state index contributed by atoms with van der Waals surface area (Å²) >= 11 is 1.59. The molecule has 5 heteroatoms. The van der Waals surface area contributed by atoms with Crippen LogP contribution in [-0.4, -0.2) is 19.5 Å². The summed E-state index contributed by atoms with van der Waals surface area (Å²) in [6.45, 7) is 0. The zero-order valence-corrected chi connectivity index (χ0v) is 12.0. The third-order valence-electron chi connectivity index (χ3n) is 3.60. The first-order valence-corrected chi connectivity index (χ1v) is 7.61. The van der Waals surface area contributed by atoms with E-state index in [0.717, 1.165) is 27.0 Å². The number of hydrogen-bond acceptors (Lipinski definition) is 4. The number of imidazole rings is 1. The van der Waals surface area contributed by atoms with Gasteiger partial charge in [0.15, 0.2) is 4.96 Å². The van der Waals surface area contributed by atoms with Crippen LogP contribution in [0.4, 0.5) is 0 Å². The number of hydrogen-bond donors (Lipinski definition) is 1. The lowest BCUT2D eigenvalue weighted by Gasteiger charge is -2.11. The van der Waals surface area contributed by atoms with Crippen molar-refractivity contribution in [3.8, 4) is 0 Å². The number of benzene rings is 1. The maximum absolute atomic E-state index is 10.5. The van der Waals surface area contributed by atoms with Crippen LogP contribution in [0.15, 0.2) is 54.4 Å². The summed E-state index contributed by atoms with van der Waals surface area (Å²) in [5.74, 6) is 0. The molecule has 0 aliphatic heterocycles. The van der Waals surface area contributed by atoms with Crippen molar-refractivity contribution in [2.75, 3.05) is 0 Å². The fourth-order valence-electron chi connectivity index (χ4n) is 2.59. The van der Waals surface area contributed by atoms with Gasteiger partial charge in [-0.2, -0.15) is 0 Å². The second kappa shape index (κ2) is 4.95. The molecule has 1 aromatic carbocycles. The van der Waals surface area contributed by atoms with Crippen LogP contribution in [0.3, 0.4) is 0 Å². The summed E-state index contributed by atoms with van der Waals surface area (Å²) in [4.78, 5) is 9.70. The first kappa shape index (κ1) is 12.5. The van der Waals surface area contributed by atoms with Gasteiger partial charge in [0.2, 0.25) is 0 Å². The molecule has 1 N–H and O–H groups in total. The molecule has 0 aliphatic carbocycles. The van der Waals surface area contributed by atoms with Gasteiger partial charge in [-0.15, -0.1) is 11.3 Å². The van der Waals surface area contributed by atoms with Crippen molar-refractivity contribution in [2.24, 2.45) is 0 Å². The van der Waals surface area contributed by atoms with Crippen molar-refractivity contribution < 1.29 is 5.11 Å². The first-order valence-electron chi connectivity index (χ1n) is 6.73. The Kier molecular flexibility index (Phi) is 2.94. The summed E-state index contributed by atoms with van der Waals surface area (Å²) in [5.41, 5.74) is 1.74. The van der Waals surface area contributed by atoms with Crippen molar-refractivity contribution in [1.82, 2.24) is 14.4 Å². The molecule has 104 valence electrons. The second-order valence-electron chi connectivity index (χ2n) is 4.99. The number of aliphatic hydroxyl groups is 1. The quantitative estimate of drug-likeness (QED) is 0.631. The molecule has 0 fully saturated rings. The van der Waals surface area contributed by atoms with Crippen LogP contribution in [0.1, 0.15) is 17.4 Å². The van der Waals surface area contributed by atoms with Crippen LogP contribution in [0.5, 0.6) is 0 Å². The maximum Gasteiger partial charge on any atom is 0.193 e. The molecule has 4 nitrogen and oxygen atoms in total. The zero-order valence-electron chi connectivity index (χ0n) is 11.2. The predicted octanol–water partition coefficient (Wildman–Crippen LogP) is 3.22. The van der Waals surface area contributed by atoms with E-state index in [2.05, 4.69) is 9.97 Å². The number of fused-ring (bicyclic) bond motifs is 2. The van der Waals surface area contributed by atoms with E-state index in [0.29, 0.717) is 6.42 Å². The monoisotopic (exact) mass is 295 g/mol. The van der Waals surface area contributed by atoms with Gasteiger partial charge in [-0.3, -0.25) is 9.38 Å².